The summed E-state index contributed by atoms with van der Waals surface area (Å²) in [6.07, 6.45) is -4.42. The quantitative estimate of drug-likeness (QED) is 0.509. The summed E-state index contributed by atoms with van der Waals surface area (Å²) < 4.78 is 37.4. The van der Waals surface area contributed by atoms with Crippen molar-refractivity contribution in [3.05, 3.63) is 29.3 Å². The van der Waals surface area contributed by atoms with Crippen LogP contribution in [-0.2, 0) is 6.18 Å². The number of hydrogen-bond acceptors (Lipinski definition) is 2. The Labute approximate surface area is 85.1 Å². The Hall–Kier alpha value is -1.67. The Bertz CT molecular complexity index is 413. The van der Waals surface area contributed by atoms with E-state index in [-0.39, 0.29) is 17.8 Å². The van der Waals surface area contributed by atoms with E-state index in [2.05, 4.69) is 11.8 Å². The largest absolute Gasteiger partial charge is 0.417 e. The molecule has 1 aromatic rings. The molecule has 0 fully saturated rings. The zero-order chi connectivity index (χ0) is 11.5. The molecule has 0 amide bonds. The highest BCUT2D eigenvalue weighted by Gasteiger charge is 2.32. The van der Waals surface area contributed by atoms with E-state index in [9.17, 15) is 13.2 Å². The Kier molecular flexibility index (Phi) is 3.22. The molecule has 0 aliphatic rings. The predicted molar refractivity (Wildman–Crippen MR) is 51.8 cm³/mol. The zero-order valence-electron chi connectivity index (χ0n) is 7.73. The van der Waals surface area contributed by atoms with Gasteiger partial charge in [0, 0.05) is 11.3 Å². The highest BCUT2D eigenvalue weighted by molar-refractivity contribution is 5.52. The molecule has 0 aromatic heterocycles. The fourth-order valence-electron chi connectivity index (χ4n) is 1.06. The van der Waals surface area contributed by atoms with Crippen LogP contribution in [0.1, 0.15) is 11.1 Å². The smallest absolute Gasteiger partial charge is 0.399 e. The third-order valence-corrected chi connectivity index (χ3v) is 1.67. The molecule has 4 N–H and O–H groups in total. The lowest BCUT2D eigenvalue weighted by molar-refractivity contribution is -0.137. The van der Waals surface area contributed by atoms with Crippen molar-refractivity contribution in [3.8, 4) is 11.8 Å². The third kappa shape index (κ3) is 2.89. The van der Waals surface area contributed by atoms with Crippen molar-refractivity contribution >= 4 is 5.69 Å². The molecule has 0 aliphatic carbocycles. The van der Waals surface area contributed by atoms with Crippen LogP contribution in [0.25, 0.3) is 0 Å². The van der Waals surface area contributed by atoms with Gasteiger partial charge in [0.2, 0.25) is 0 Å². The number of alkyl halides is 3. The molecule has 1 rings (SSSR count). The van der Waals surface area contributed by atoms with Gasteiger partial charge in [-0.05, 0) is 18.2 Å². The molecule has 5 heteroatoms. The van der Waals surface area contributed by atoms with Gasteiger partial charge >= 0.3 is 6.18 Å². The molecular weight excluding hydrogens is 205 g/mol. The normalized spacial score (nSPS) is 10.7. The van der Waals surface area contributed by atoms with Crippen LogP contribution < -0.4 is 11.5 Å². The van der Waals surface area contributed by atoms with Gasteiger partial charge in [0.25, 0.3) is 0 Å². The summed E-state index contributed by atoms with van der Waals surface area (Å²) in [5, 5.41) is 0. The van der Waals surface area contributed by atoms with Gasteiger partial charge in [-0.15, -0.1) is 0 Å². The van der Waals surface area contributed by atoms with Gasteiger partial charge in [0.1, 0.15) is 0 Å². The molecule has 0 unspecified atom stereocenters. The molecule has 0 saturated carbocycles. The standard InChI is InChI=1S/C10H9F3N2/c11-10(12,13)9-4-3-8(15)6-7(9)2-1-5-14/h3-4,6H,5,14-15H2. The van der Waals surface area contributed by atoms with Crippen LogP contribution in [0.2, 0.25) is 0 Å². The van der Waals surface area contributed by atoms with E-state index in [0.29, 0.717) is 0 Å². The van der Waals surface area contributed by atoms with Gasteiger partial charge in [-0.2, -0.15) is 13.2 Å². The molecule has 0 spiro atoms. The average Bonchev–Trinajstić information content (AvgIpc) is 2.12. The highest BCUT2D eigenvalue weighted by atomic mass is 19.4. The Morgan fingerprint density at radius 3 is 2.47 bits per heavy atom. The van der Waals surface area contributed by atoms with Crippen molar-refractivity contribution in [1.29, 1.82) is 0 Å². The van der Waals surface area contributed by atoms with E-state index >= 15 is 0 Å². The fraction of sp³-hybridized carbons (Fsp3) is 0.200. The van der Waals surface area contributed by atoms with Crippen LogP contribution >= 0.6 is 0 Å². The highest BCUT2D eigenvalue weighted by Crippen LogP contribution is 2.32. The molecule has 0 saturated heterocycles. The number of benzene rings is 1. The maximum absolute atomic E-state index is 12.5. The van der Waals surface area contributed by atoms with E-state index in [1.165, 1.54) is 12.1 Å². The van der Waals surface area contributed by atoms with Gasteiger partial charge < -0.3 is 11.5 Å². The maximum Gasteiger partial charge on any atom is 0.417 e. The second kappa shape index (κ2) is 4.24. The molecule has 1 aromatic carbocycles. The summed E-state index contributed by atoms with van der Waals surface area (Å²) >= 11 is 0. The van der Waals surface area contributed by atoms with E-state index < -0.39 is 11.7 Å². The van der Waals surface area contributed by atoms with E-state index in [0.717, 1.165) is 6.07 Å². The molecule has 0 atom stereocenters. The third-order valence-electron chi connectivity index (χ3n) is 1.67. The Morgan fingerprint density at radius 1 is 1.27 bits per heavy atom. The summed E-state index contributed by atoms with van der Waals surface area (Å²) in [5.41, 5.74) is 9.76. The minimum atomic E-state index is -4.42. The monoisotopic (exact) mass is 214 g/mol. The fourth-order valence-corrected chi connectivity index (χ4v) is 1.06. The van der Waals surface area contributed by atoms with Crippen LogP contribution in [-0.4, -0.2) is 6.54 Å². The minimum absolute atomic E-state index is 0.00605. The second-order valence-electron chi connectivity index (χ2n) is 2.81. The van der Waals surface area contributed by atoms with Crippen molar-refractivity contribution in [2.24, 2.45) is 5.73 Å². The van der Waals surface area contributed by atoms with Gasteiger partial charge in [0.15, 0.2) is 0 Å². The van der Waals surface area contributed by atoms with E-state index in [1.54, 1.807) is 0 Å². The first-order valence-electron chi connectivity index (χ1n) is 4.11. The van der Waals surface area contributed by atoms with Gasteiger partial charge in [0.05, 0.1) is 12.1 Å². The lowest BCUT2D eigenvalue weighted by Gasteiger charge is -2.09. The van der Waals surface area contributed by atoms with Crippen molar-refractivity contribution in [1.82, 2.24) is 0 Å². The van der Waals surface area contributed by atoms with E-state index in [1.807, 2.05) is 0 Å². The molecule has 80 valence electrons. The van der Waals surface area contributed by atoms with E-state index in [4.69, 9.17) is 11.5 Å². The lowest BCUT2D eigenvalue weighted by atomic mass is 10.1. The van der Waals surface area contributed by atoms with Crippen LogP contribution in [0.3, 0.4) is 0 Å². The van der Waals surface area contributed by atoms with Gasteiger partial charge in [-0.1, -0.05) is 11.8 Å². The first-order chi connectivity index (χ1) is 6.95. The molecule has 0 bridgehead atoms. The average molecular weight is 214 g/mol. The molecular formula is C10H9F3N2. The Balaban J connectivity index is 3.27. The lowest BCUT2D eigenvalue weighted by Crippen LogP contribution is -2.08. The van der Waals surface area contributed by atoms with Crippen LogP contribution in [0.5, 0.6) is 0 Å². The van der Waals surface area contributed by atoms with Crippen LogP contribution in [0, 0.1) is 11.8 Å². The number of anilines is 1. The second-order valence-corrected chi connectivity index (χ2v) is 2.81. The number of halogens is 3. The molecule has 2 nitrogen and oxygen atoms in total. The van der Waals surface area contributed by atoms with Crippen molar-refractivity contribution in [2.75, 3.05) is 12.3 Å². The van der Waals surface area contributed by atoms with Crippen molar-refractivity contribution < 1.29 is 13.2 Å². The van der Waals surface area contributed by atoms with Gasteiger partial charge in [-0.3, -0.25) is 0 Å². The van der Waals surface area contributed by atoms with Crippen LogP contribution in [0.4, 0.5) is 18.9 Å². The summed E-state index contributed by atoms with van der Waals surface area (Å²) in [4.78, 5) is 0. The van der Waals surface area contributed by atoms with Crippen LogP contribution in [0.15, 0.2) is 18.2 Å². The topological polar surface area (TPSA) is 52.0 Å². The Morgan fingerprint density at radius 2 is 1.93 bits per heavy atom. The minimum Gasteiger partial charge on any atom is -0.399 e. The summed E-state index contributed by atoms with van der Waals surface area (Å²) in [6.45, 7) is 0.00605. The molecule has 0 aliphatic heterocycles. The summed E-state index contributed by atoms with van der Waals surface area (Å²) in [7, 11) is 0. The molecule has 0 heterocycles. The SMILES string of the molecule is NCC#Cc1cc(N)ccc1C(F)(F)F. The van der Waals surface area contributed by atoms with Gasteiger partial charge in [-0.25, -0.2) is 0 Å². The van der Waals surface area contributed by atoms with Crippen molar-refractivity contribution in [3.63, 3.8) is 0 Å². The summed E-state index contributed by atoms with van der Waals surface area (Å²) in [6, 6.07) is 3.29. The predicted octanol–water partition coefficient (Wildman–Crippen LogP) is 1.60. The molecule has 0 radical (unpaired) electrons. The first kappa shape index (κ1) is 11.4. The number of nitrogen functional groups attached to an aromatic ring is 1. The summed E-state index contributed by atoms with van der Waals surface area (Å²) in [5.74, 6) is 4.71. The number of hydrogen-bond donors (Lipinski definition) is 2. The van der Waals surface area contributed by atoms with Crippen molar-refractivity contribution in [2.45, 2.75) is 6.18 Å². The zero-order valence-corrected chi connectivity index (χ0v) is 7.73. The first-order valence-corrected chi connectivity index (χ1v) is 4.11. The molecule has 15 heavy (non-hydrogen) atoms. The number of rotatable bonds is 0. The number of nitrogens with two attached hydrogens (primary N) is 2. The maximum atomic E-state index is 12.5.